The van der Waals surface area contributed by atoms with Crippen molar-refractivity contribution in [1.82, 2.24) is 20.2 Å². The number of aromatic nitrogens is 2. The standard InChI is InChI=1S/C16H26N4/c1-12(2)11-20-9-6-15(7-10-20)18-13(3)16-5-8-17-14(4)19-16/h5,8,13,15,18H,1,6-7,9-11H2,2-4H3/t13-/m0/s1. The lowest BCUT2D eigenvalue weighted by Crippen LogP contribution is -2.43. The molecule has 0 bridgehead atoms. The van der Waals surface area contributed by atoms with Crippen LogP contribution in [0.4, 0.5) is 0 Å². The Balaban J connectivity index is 1.82. The summed E-state index contributed by atoms with van der Waals surface area (Å²) in [4.78, 5) is 11.1. The molecule has 0 unspecified atom stereocenters. The van der Waals surface area contributed by atoms with E-state index in [0.717, 1.165) is 31.2 Å². The average molecular weight is 274 g/mol. The van der Waals surface area contributed by atoms with E-state index >= 15 is 0 Å². The highest BCUT2D eigenvalue weighted by Gasteiger charge is 2.21. The van der Waals surface area contributed by atoms with Crippen molar-refractivity contribution in [3.8, 4) is 0 Å². The summed E-state index contributed by atoms with van der Waals surface area (Å²) in [6, 6.07) is 2.87. The van der Waals surface area contributed by atoms with Crippen molar-refractivity contribution in [2.75, 3.05) is 19.6 Å². The van der Waals surface area contributed by atoms with Gasteiger partial charge in [-0.15, -0.1) is 0 Å². The SMILES string of the molecule is C=C(C)CN1CCC(N[C@@H](C)c2ccnc(C)n2)CC1. The molecule has 2 rings (SSSR count). The van der Waals surface area contributed by atoms with E-state index in [-0.39, 0.29) is 6.04 Å². The molecule has 20 heavy (non-hydrogen) atoms. The number of aryl methyl sites for hydroxylation is 1. The molecule has 1 aliphatic heterocycles. The van der Waals surface area contributed by atoms with E-state index in [9.17, 15) is 0 Å². The minimum atomic E-state index is 0.286. The van der Waals surface area contributed by atoms with E-state index in [1.54, 1.807) is 0 Å². The van der Waals surface area contributed by atoms with Gasteiger partial charge in [-0.05, 0) is 52.8 Å². The van der Waals surface area contributed by atoms with Crippen LogP contribution >= 0.6 is 0 Å². The van der Waals surface area contributed by atoms with Gasteiger partial charge in [0, 0.05) is 24.8 Å². The fraction of sp³-hybridized carbons (Fsp3) is 0.625. The van der Waals surface area contributed by atoms with Crippen molar-refractivity contribution in [1.29, 1.82) is 0 Å². The molecule has 1 atom stereocenters. The molecule has 4 heteroatoms. The normalized spacial score (nSPS) is 18.9. The Morgan fingerprint density at radius 2 is 2.20 bits per heavy atom. The Morgan fingerprint density at radius 3 is 2.80 bits per heavy atom. The van der Waals surface area contributed by atoms with Gasteiger partial charge in [0.15, 0.2) is 0 Å². The molecule has 1 aromatic heterocycles. The van der Waals surface area contributed by atoms with E-state index < -0.39 is 0 Å². The first-order valence-electron chi connectivity index (χ1n) is 7.47. The Labute approximate surface area is 122 Å². The van der Waals surface area contributed by atoms with Crippen LogP contribution in [0.15, 0.2) is 24.4 Å². The van der Waals surface area contributed by atoms with Crippen LogP contribution in [0.1, 0.15) is 44.2 Å². The first-order chi connectivity index (χ1) is 9.54. The van der Waals surface area contributed by atoms with Crippen LogP contribution < -0.4 is 5.32 Å². The Kier molecular flexibility index (Phi) is 5.26. The highest BCUT2D eigenvalue weighted by molar-refractivity contribution is 5.06. The summed E-state index contributed by atoms with van der Waals surface area (Å²) in [5, 5.41) is 3.70. The minimum absolute atomic E-state index is 0.286. The van der Waals surface area contributed by atoms with Crippen molar-refractivity contribution in [3.63, 3.8) is 0 Å². The molecule has 0 saturated carbocycles. The molecule has 0 aliphatic carbocycles. The zero-order chi connectivity index (χ0) is 14.5. The van der Waals surface area contributed by atoms with Crippen molar-refractivity contribution in [3.05, 3.63) is 35.9 Å². The maximum absolute atomic E-state index is 4.50. The Morgan fingerprint density at radius 1 is 1.50 bits per heavy atom. The molecule has 4 nitrogen and oxygen atoms in total. The largest absolute Gasteiger partial charge is 0.306 e. The van der Waals surface area contributed by atoms with Crippen LogP contribution in [-0.4, -0.2) is 40.5 Å². The minimum Gasteiger partial charge on any atom is -0.306 e. The molecule has 1 saturated heterocycles. The summed E-state index contributed by atoms with van der Waals surface area (Å²) in [6.07, 6.45) is 4.23. The van der Waals surface area contributed by atoms with Crippen molar-refractivity contribution in [2.45, 2.75) is 45.7 Å². The summed E-state index contributed by atoms with van der Waals surface area (Å²) < 4.78 is 0. The van der Waals surface area contributed by atoms with Crippen LogP contribution in [0.25, 0.3) is 0 Å². The molecule has 0 spiro atoms. The molecule has 110 valence electrons. The van der Waals surface area contributed by atoms with E-state index in [2.05, 4.69) is 40.6 Å². The lowest BCUT2D eigenvalue weighted by molar-refractivity contribution is 0.204. The van der Waals surface area contributed by atoms with Gasteiger partial charge >= 0.3 is 0 Å². The molecule has 0 amide bonds. The highest BCUT2D eigenvalue weighted by Crippen LogP contribution is 2.16. The summed E-state index contributed by atoms with van der Waals surface area (Å²) in [5.41, 5.74) is 2.34. The maximum atomic E-state index is 4.50. The highest BCUT2D eigenvalue weighted by atomic mass is 15.1. The predicted octanol–water partition coefficient (Wildman–Crippen LogP) is 2.48. The van der Waals surface area contributed by atoms with Gasteiger partial charge in [-0.1, -0.05) is 12.2 Å². The number of nitrogens with one attached hydrogen (secondary N) is 1. The van der Waals surface area contributed by atoms with Gasteiger partial charge < -0.3 is 5.32 Å². The quantitative estimate of drug-likeness (QED) is 0.838. The smallest absolute Gasteiger partial charge is 0.125 e. The van der Waals surface area contributed by atoms with Crippen LogP contribution in [0, 0.1) is 6.92 Å². The number of nitrogens with zero attached hydrogens (tertiary/aromatic N) is 3. The van der Waals surface area contributed by atoms with Gasteiger partial charge in [0.1, 0.15) is 5.82 Å². The lowest BCUT2D eigenvalue weighted by atomic mass is 10.0. The first-order valence-corrected chi connectivity index (χ1v) is 7.47. The lowest BCUT2D eigenvalue weighted by Gasteiger charge is -2.33. The monoisotopic (exact) mass is 274 g/mol. The van der Waals surface area contributed by atoms with E-state index in [1.807, 2.05) is 19.2 Å². The number of piperidine rings is 1. The van der Waals surface area contributed by atoms with Crippen LogP contribution in [0.5, 0.6) is 0 Å². The van der Waals surface area contributed by atoms with Crippen molar-refractivity contribution in [2.24, 2.45) is 0 Å². The van der Waals surface area contributed by atoms with Crippen LogP contribution in [0.3, 0.4) is 0 Å². The summed E-state index contributed by atoms with van der Waals surface area (Å²) in [5.74, 6) is 0.840. The molecule has 1 N–H and O–H groups in total. The zero-order valence-electron chi connectivity index (χ0n) is 12.9. The summed E-state index contributed by atoms with van der Waals surface area (Å²) in [7, 11) is 0. The first kappa shape index (κ1) is 15.1. The molecule has 0 aromatic carbocycles. The molecule has 2 heterocycles. The fourth-order valence-electron chi connectivity index (χ4n) is 2.79. The molecule has 1 fully saturated rings. The molecule has 1 aliphatic rings. The van der Waals surface area contributed by atoms with Crippen molar-refractivity contribution >= 4 is 0 Å². The van der Waals surface area contributed by atoms with Gasteiger partial charge in [-0.25, -0.2) is 9.97 Å². The third-order valence-electron chi connectivity index (χ3n) is 3.81. The van der Waals surface area contributed by atoms with Gasteiger partial charge in [-0.2, -0.15) is 0 Å². The third kappa shape index (κ3) is 4.39. The second-order valence-corrected chi connectivity index (χ2v) is 5.92. The summed E-state index contributed by atoms with van der Waals surface area (Å²) >= 11 is 0. The van der Waals surface area contributed by atoms with E-state index in [4.69, 9.17) is 0 Å². The number of likely N-dealkylation sites (tertiary alicyclic amines) is 1. The molecular formula is C16H26N4. The van der Waals surface area contributed by atoms with Gasteiger partial charge in [0.05, 0.1) is 5.69 Å². The van der Waals surface area contributed by atoms with Crippen LogP contribution in [-0.2, 0) is 0 Å². The second kappa shape index (κ2) is 6.95. The zero-order valence-corrected chi connectivity index (χ0v) is 12.9. The van der Waals surface area contributed by atoms with Gasteiger partial charge in [0.2, 0.25) is 0 Å². The predicted molar refractivity (Wildman–Crippen MR) is 82.6 cm³/mol. The third-order valence-corrected chi connectivity index (χ3v) is 3.81. The number of hydrogen-bond donors (Lipinski definition) is 1. The second-order valence-electron chi connectivity index (χ2n) is 5.92. The van der Waals surface area contributed by atoms with E-state index in [0.29, 0.717) is 6.04 Å². The molecule has 1 aromatic rings. The summed E-state index contributed by atoms with van der Waals surface area (Å²) in [6.45, 7) is 13.6. The van der Waals surface area contributed by atoms with Crippen molar-refractivity contribution < 1.29 is 0 Å². The average Bonchev–Trinajstić information content (AvgIpc) is 2.40. The topological polar surface area (TPSA) is 41.0 Å². The Bertz CT molecular complexity index is 450. The number of rotatable bonds is 5. The maximum Gasteiger partial charge on any atom is 0.125 e. The fourth-order valence-corrected chi connectivity index (χ4v) is 2.79. The van der Waals surface area contributed by atoms with Crippen LogP contribution in [0.2, 0.25) is 0 Å². The number of hydrogen-bond acceptors (Lipinski definition) is 4. The van der Waals surface area contributed by atoms with E-state index in [1.165, 1.54) is 18.4 Å². The van der Waals surface area contributed by atoms with Gasteiger partial charge in [0.25, 0.3) is 0 Å². The molecule has 0 radical (unpaired) electrons. The molecular weight excluding hydrogens is 248 g/mol. The van der Waals surface area contributed by atoms with Gasteiger partial charge in [-0.3, -0.25) is 4.90 Å². The Hall–Kier alpha value is -1.26.